The third kappa shape index (κ3) is 3.55. The predicted octanol–water partition coefficient (Wildman–Crippen LogP) is 1.66. The lowest BCUT2D eigenvalue weighted by atomic mass is 10.2. The molecule has 1 aromatic rings. The highest BCUT2D eigenvalue weighted by Crippen LogP contribution is 2.04. The van der Waals surface area contributed by atoms with Crippen LogP contribution in [-0.4, -0.2) is 17.6 Å². The SMILES string of the molecule is CCN(N)C(=O)OCc1ccc(F)cc1. The summed E-state index contributed by atoms with van der Waals surface area (Å²) in [5.74, 6) is 4.98. The number of nitrogens with zero attached hydrogens (tertiary/aromatic N) is 1. The van der Waals surface area contributed by atoms with Gasteiger partial charge in [-0.05, 0) is 24.6 Å². The average molecular weight is 212 g/mol. The van der Waals surface area contributed by atoms with E-state index >= 15 is 0 Å². The molecule has 0 saturated carbocycles. The molecule has 0 saturated heterocycles. The lowest BCUT2D eigenvalue weighted by Crippen LogP contribution is -2.37. The first kappa shape index (κ1) is 11.5. The summed E-state index contributed by atoms with van der Waals surface area (Å²) >= 11 is 0. The number of rotatable bonds is 3. The average Bonchev–Trinajstić information content (AvgIpc) is 2.26. The quantitative estimate of drug-likeness (QED) is 0.471. The van der Waals surface area contributed by atoms with Gasteiger partial charge in [0, 0.05) is 6.54 Å². The molecule has 15 heavy (non-hydrogen) atoms. The van der Waals surface area contributed by atoms with Crippen LogP contribution in [0.1, 0.15) is 12.5 Å². The number of carbonyl (C=O) groups is 1. The third-order valence-corrected chi connectivity index (χ3v) is 1.85. The summed E-state index contributed by atoms with van der Waals surface area (Å²) in [7, 11) is 0. The van der Waals surface area contributed by atoms with Crippen LogP contribution in [0.3, 0.4) is 0 Å². The second-order valence-electron chi connectivity index (χ2n) is 2.97. The van der Waals surface area contributed by atoms with Gasteiger partial charge in [-0.3, -0.25) is 0 Å². The molecule has 0 aliphatic rings. The molecule has 1 amide bonds. The van der Waals surface area contributed by atoms with E-state index in [0.717, 1.165) is 5.01 Å². The number of hydrogen-bond donors (Lipinski definition) is 1. The van der Waals surface area contributed by atoms with Crippen LogP contribution in [0, 0.1) is 5.82 Å². The Morgan fingerprint density at radius 3 is 2.60 bits per heavy atom. The summed E-state index contributed by atoms with van der Waals surface area (Å²) in [5.41, 5.74) is 0.717. The summed E-state index contributed by atoms with van der Waals surface area (Å²) in [6.07, 6.45) is -0.596. The minimum atomic E-state index is -0.596. The molecule has 0 unspecified atom stereocenters. The highest BCUT2D eigenvalue weighted by molar-refractivity contribution is 5.66. The number of nitrogens with two attached hydrogens (primary N) is 1. The van der Waals surface area contributed by atoms with Gasteiger partial charge in [0.15, 0.2) is 0 Å². The number of ether oxygens (including phenoxy) is 1. The van der Waals surface area contributed by atoms with Gasteiger partial charge in [0.05, 0.1) is 0 Å². The van der Waals surface area contributed by atoms with Crippen molar-refractivity contribution in [3.63, 3.8) is 0 Å². The molecule has 0 heterocycles. The van der Waals surface area contributed by atoms with Gasteiger partial charge in [-0.2, -0.15) is 0 Å². The maximum atomic E-state index is 12.5. The fraction of sp³-hybridized carbons (Fsp3) is 0.300. The van der Waals surface area contributed by atoms with Crippen LogP contribution >= 0.6 is 0 Å². The minimum Gasteiger partial charge on any atom is -0.444 e. The van der Waals surface area contributed by atoms with Crippen molar-refractivity contribution in [2.75, 3.05) is 6.54 Å². The van der Waals surface area contributed by atoms with Crippen LogP contribution in [0.5, 0.6) is 0 Å². The van der Waals surface area contributed by atoms with Crippen molar-refractivity contribution >= 4 is 6.09 Å². The van der Waals surface area contributed by atoms with Gasteiger partial charge in [0.2, 0.25) is 0 Å². The van der Waals surface area contributed by atoms with Crippen LogP contribution in [0.2, 0.25) is 0 Å². The summed E-state index contributed by atoms with van der Waals surface area (Å²) in [6.45, 7) is 2.20. The number of hydrogen-bond acceptors (Lipinski definition) is 3. The Bertz CT molecular complexity index is 327. The second kappa shape index (κ2) is 5.31. The molecule has 1 aromatic carbocycles. The maximum absolute atomic E-state index is 12.5. The number of amides is 1. The molecule has 4 nitrogen and oxygen atoms in total. The lowest BCUT2D eigenvalue weighted by molar-refractivity contribution is 0.0982. The summed E-state index contributed by atoms with van der Waals surface area (Å²) < 4.78 is 17.4. The van der Waals surface area contributed by atoms with E-state index in [4.69, 9.17) is 10.6 Å². The Morgan fingerprint density at radius 2 is 2.07 bits per heavy atom. The Kier molecular flexibility index (Phi) is 4.05. The van der Waals surface area contributed by atoms with Gasteiger partial charge in [-0.1, -0.05) is 12.1 Å². The molecule has 0 spiro atoms. The summed E-state index contributed by atoms with van der Waals surface area (Å²) in [4.78, 5) is 11.1. The van der Waals surface area contributed by atoms with Crippen LogP contribution < -0.4 is 5.84 Å². The van der Waals surface area contributed by atoms with Crippen molar-refractivity contribution in [2.45, 2.75) is 13.5 Å². The zero-order chi connectivity index (χ0) is 11.3. The number of hydrazine groups is 1. The molecule has 0 fully saturated rings. The van der Waals surface area contributed by atoms with Gasteiger partial charge < -0.3 is 4.74 Å². The first-order valence-corrected chi connectivity index (χ1v) is 4.57. The largest absolute Gasteiger partial charge is 0.444 e. The molecule has 2 N–H and O–H groups in total. The zero-order valence-electron chi connectivity index (χ0n) is 8.44. The van der Waals surface area contributed by atoms with Crippen molar-refractivity contribution in [1.82, 2.24) is 5.01 Å². The smallest absolute Gasteiger partial charge is 0.424 e. The molecule has 0 atom stereocenters. The minimum absolute atomic E-state index is 0.0901. The van der Waals surface area contributed by atoms with Crippen molar-refractivity contribution < 1.29 is 13.9 Å². The molecular formula is C10H13FN2O2. The van der Waals surface area contributed by atoms with Crippen molar-refractivity contribution in [3.05, 3.63) is 35.6 Å². The van der Waals surface area contributed by atoms with Crippen LogP contribution in [0.4, 0.5) is 9.18 Å². The van der Waals surface area contributed by atoms with Crippen LogP contribution in [-0.2, 0) is 11.3 Å². The molecule has 0 aliphatic heterocycles. The van der Waals surface area contributed by atoms with E-state index in [0.29, 0.717) is 12.1 Å². The lowest BCUT2D eigenvalue weighted by Gasteiger charge is -2.13. The van der Waals surface area contributed by atoms with Gasteiger partial charge in [0.1, 0.15) is 12.4 Å². The van der Waals surface area contributed by atoms with Gasteiger partial charge in [0.25, 0.3) is 0 Å². The van der Waals surface area contributed by atoms with Gasteiger partial charge in [-0.25, -0.2) is 20.0 Å². The van der Waals surface area contributed by atoms with E-state index in [1.54, 1.807) is 19.1 Å². The van der Waals surface area contributed by atoms with Gasteiger partial charge in [-0.15, -0.1) is 0 Å². The van der Waals surface area contributed by atoms with E-state index < -0.39 is 6.09 Å². The highest BCUT2D eigenvalue weighted by Gasteiger charge is 2.07. The van der Waals surface area contributed by atoms with E-state index in [2.05, 4.69) is 0 Å². The molecule has 0 aromatic heterocycles. The van der Waals surface area contributed by atoms with E-state index in [-0.39, 0.29) is 12.4 Å². The fourth-order valence-electron chi connectivity index (χ4n) is 0.938. The first-order chi connectivity index (χ1) is 7.13. The number of carbonyl (C=O) groups excluding carboxylic acids is 1. The highest BCUT2D eigenvalue weighted by atomic mass is 19.1. The first-order valence-electron chi connectivity index (χ1n) is 4.57. The Labute approximate surface area is 87.4 Å². The molecule has 0 bridgehead atoms. The zero-order valence-corrected chi connectivity index (χ0v) is 8.44. The number of halogens is 1. The van der Waals surface area contributed by atoms with Crippen LogP contribution in [0.25, 0.3) is 0 Å². The molecule has 0 radical (unpaired) electrons. The Morgan fingerprint density at radius 1 is 1.47 bits per heavy atom. The number of benzene rings is 1. The van der Waals surface area contributed by atoms with Crippen molar-refractivity contribution in [2.24, 2.45) is 5.84 Å². The fourth-order valence-corrected chi connectivity index (χ4v) is 0.938. The monoisotopic (exact) mass is 212 g/mol. The maximum Gasteiger partial charge on any atom is 0.424 e. The standard InChI is InChI=1S/C10H13FN2O2/c1-2-13(12)10(14)15-7-8-3-5-9(11)6-4-8/h3-6H,2,7,12H2,1H3. The third-order valence-electron chi connectivity index (χ3n) is 1.85. The van der Waals surface area contributed by atoms with Crippen LogP contribution in [0.15, 0.2) is 24.3 Å². The Balaban J connectivity index is 2.43. The molecule has 0 aliphatic carbocycles. The molecule has 1 rings (SSSR count). The van der Waals surface area contributed by atoms with E-state index in [1.807, 2.05) is 0 Å². The summed E-state index contributed by atoms with van der Waals surface area (Å²) in [5, 5.41) is 0.962. The molecule has 5 heteroatoms. The molecule has 82 valence electrons. The molecular weight excluding hydrogens is 199 g/mol. The Hall–Kier alpha value is -1.62. The van der Waals surface area contributed by atoms with E-state index in [9.17, 15) is 9.18 Å². The predicted molar refractivity (Wildman–Crippen MR) is 53.2 cm³/mol. The second-order valence-corrected chi connectivity index (χ2v) is 2.97. The van der Waals surface area contributed by atoms with Crippen molar-refractivity contribution in [1.29, 1.82) is 0 Å². The van der Waals surface area contributed by atoms with Gasteiger partial charge >= 0.3 is 6.09 Å². The topological polar surface area (TPSA) is 55.6 Å². The van der Waals surface area contributed by atoms with E-state index in [1.165, 1.54) is 12.1 Å². The normalized spacial score (nSPS) is 9.80. The summed E-state index contributed by atoms with van der Waals surface area (Å²) in [6, 6.07) is 5.72. The van der Waals surface area contributed by atoms with Crippen molar-refractivity contribution in [3.8, 4) is 0 Å².